The summed E-state index contributed by atoms with van der Waals surface area (Å²) < 4.78 is 0. The summed E-state index contributed by atoms with van der Waals surface area (Å²) >= 11 is 12.0. The normalized spacial score (nSPS) is 10.5. The van der Waals surface area contributed by atoms with Crippen molar-refractivity contribution in [3.63, 3.8) is 0 Å². The van der Waals surface area contributed by atoms with Crippen LogP contribution in [0.2, 0.25) is 10.0 Å². The largest absolute Gasteiger partial charge is 0.343 e. The van der Waals surface area contributed by atoms with Crippen molar-refractivity contribution in [2.45, 2.75) is 26.8 Å². The molecule has 0 aliphatic rings. The SMILES string of the molecule is CCN(CC)C(=O)CCNCc1cc(Cl)ccc1Cl. The molecule has 0 aliphatic carbocycles. The van der Waals surface area contributed by atoms with Gasteiger partial charge in [0.15, 0.2) is 0 Å². The van der Waals surface area contributed by atoms with E-state index in [1.807, 2.05) is 24.8 Å². The number of hydrogen-bond donors (Lipinski definition) is 1. The number of nitrogens with one attached hydrogen (secondary N) is 1. The van der Waals surface area contributed by atoms with Gasteiger partial charge in [0.25, 0.3) is 0 Å². The molecule has 0 radical (unpaired) electrons. The first kappa shape index (κ1) is 16.3. The van der Waals surface area contributed by atoms with Gasteiger partial charge in [0.2, 0.25) is 5.91 Å². The Balaban J connectivity index is 2.35. The zero-order valence-corrected chi connectivity index (χ0v) is 12.9. The zero-order valence-electron chi connectivity index (χ0n) is 11.4. The van der Waals surface area contributed by atoms with Crippen molar-refractivity contribution in [1.82, 2.24) is 10.2 Å². The van der Waals surface area contributed by atoms with Crippen LogP contribution in [-0.2, 0) is 11.3 Å². The van der Waals surface area contributed by atoms with Gasteiger partial charge in [0, 0.05) is 42.6 Å². The Morgan fingerprint density at radius 2 is 1.95 bits per heavy atom. The molecule has 0 bridgehead atoms. The van der Waals surface area contributed by atoms with Gasteiger partial charge in [-0.15, -0.1) is 0 Å². The molecular formula is C14H20Cl2N2O. The van der Waals surface area contributed by atoms with Crippen LogP contribution in [0.15, 0.2) is 18.2 Å². The summed E-state index contributed by atoms with van der Waals surface area (Å²) in [6, 6.07) is 5.38. The molecule has 0 fully saturated rings. The number of hydrogen-bond acceptors (Lipinski definition) is 2. The third kappa shape index (κ3) is 5.39. The van der Waals surface area contributed by atoms with Gasteiger partial charge in [-0.05, 0) is 37.6 Å². The van der Waals surface area contributed by atoms with E-state index in [9.17, 15) is 4.79 Å². The number of halogens is 2. The van der Waals surface area contributed by atoms with E-state index in [1.165, 1.54) is 0 Å². The van der Waals surface area contributed by atoms with Gasteiger partial charge in [0.1, 0.15) is 0 Å². The Hall–Kier alpha value is -0.770. The van der Waals surface area contributed by atoms with E-state index in [0.717, 1.165) is 18.7 Å². The van der Waals surface area contributed by atoms with Crippen LogP contribution in [0.3, 0.4) is 0 Å². The molecule has 1 aromatic rings. The summed E-state index contributed by atoms with van der Waals surface area (Å²) in [5, 5.41) is 4.57. The van der Waals surface area contributed by atoms with Crippen LogP contribution in [0, 0.1) is 0 Å². The summed E-state index contributed by atoms with van der Waals surface area (Å²) in [5.41, 5.74) is 0.949. The molecule has 3 nitrogen and oxygen atoms in total. The zero-order chi connectivity index (χ0) is 14.3. The summed E-state index contributed by atoms with van der Waals surface area (Å²) in [7, 11) is 0. The fourth-order valence-electron chi connectivity index (χ4n) is 1.83. The molecule has 1 amide bonds. The maximum Gasteiger partial charge on any atom is 0.223 e. The number of amides is 1. The first-order chi connectivity index (χ1) is 9.08. The molecule has 1 rings (SSSR count). The molecule has 0 unspecified atom stereocenters. The van der Waals surface area contributed by atoms with E-state index >= 15 is 0 Å². The van der Waals surface area contributed by atoms with Crippen LogP contribution in [0.5, 0.6) is 0 Å². The van der Waals surface area contributed by atoms with Crippen LogP contribution in [0.25, 0.3) is 0 Å². The van der Waals surface area contributed by atoms with E-state index in [0.29, 0.717) is 29.6 Å². The highest BCUT2D eigenvalue weighted by molar-refractivity contribution is 6.33. The maximum atomic E-state index is 11.8. The molecular weight excluding hydrogens is 283 g/mol. The first-order valence-electron chi connectivity index (χ1n) is 6.50. The lowest BCUT2D eigenvalue weighted by atomic mass is 10.2. The third-order valence-corrected chi connectivity index (χ3v) is 3.56. The molecule has 0 saturated carbocycles. The van der Waals surface area contributed by atoms with Crippen molar-refractivity contribution in [2.75, 3.05) is 19.6 Å². The van der Waals surface area contributed by atoms with Gasteiger partial charge < -0.3 is 10.2 Å². The molecule has 0 aromatic heterocycles. The molecule has 0 spiro atoms. The summed E-state index contributed by atoms with van der Waals surface area (Å²) in [6.07, 6.45) is 0.500. The van der Waals surface area contributed by atoms with Gasteiger partial charge in [0.05, 0.1) is 0 Å². The van der Waals surface area contributed by atoms with Gasteiger partial charge in [-0.25, -0.2) is 0 Å². The lowest BCUT2D eigenvalue weighted by Gasteiger charge is -2.18. The highest BCUT2D eigenvalue weighted by atomic mass is 35.5. The maximum absolute atomic E-state index is 11.8. The van der Waals surface area contributed by atoms with Gasteiger partial charge in [-0.1, -0.05) is 23.2 Å². The second-order valence-electron chi connectivity index (χ2n) is 4.23. The van der Waals surface area contributed by atoms with E-state index < -0.39 is 0 Å². The minimum absolute atomic E-state index is 0.176. The Morgan fingerprint density at radius 3 is 2.58 bits per heavy atom. The smallest absolute Gasteiger partial charge is 0.223 e. The number of carbonyl (C=O) groups excluding carboxylic acids is 1. The summed E-state index contributed by atoms with van der Waals surface area (Å²) in [5.74, 6) is 0.176. The molecule has 106 valence electrons. The number of carbonyl (C=O) groups is 1. The Labute approximate surface area is 124 Å². The van der Waals surface area contributed by atoms with Crippen molar-refractivity contribution in [3.8, 4) is 0 Å². The molecule has 0 aliphatic heterocycles. The first-order valence-corrected chi connectivity index (χ1v) is 7.26. The topological polar surface area (TPSA) is 32.3 Å². The minimum atomic E-state index is 0.176. The van der Waals surface area contributed by atoms with Gasteiger partial charge in [-0.3, -0.25) is 4.79 Å². The quantitative estimate of drug-likeness (QED) is 0.784. The number of benzene rings is 1. The van der Waals surface area contributed by atoms with Crippen LogP contribution in [0.1, 0.15) is 25.8 Å². The van der Waals surface area contributed by atoms with Crippen molar-refractivity contribution >= 4 is 29.1 Å². The summed E-state index contributed by atoms with van der Waals surface area (Å²) in [4.78, 5) is 13.6. The van der Waals surface area contributed by atoms with Crippen molar-refractivity contribution < 1.29 is 4.79 Å². The molecule has 1 aromatic carbocycles. The van der Waals surface area contributed by atoms with Crippen LogP contribution < -0.4 is 5.32 Å². The fraction of sp³-hybridized carbons (Fsp3) is 0.500. The van der Waals surface area contributed by atoms with Crippen LogP contribution >= 0.6 is 23.2 Å². The number of rotatable bonds is 7. The van der Waals surface area contributed by atoms with Crippen molar-refractivity contribution in [1.29, 1.82) is 0 Å². The van der Waals surface area contributed by atoms with Crippen LogP contribution in [0.4, 0.5) is 0 Å². The lowest BCUT2D eigenvalue weighted by molar-refractivity contribution is -0.130. The molecule has 0 atom stereocenters. The third-order valence-electron chi connectivity index (χ3n) is 2.96. The average molecular weight is 303 g/mol. The second kappa shape index (κ2) is 8.41. The van der Waals surface area contributed by atoms with E-state index in [-0.39, 0.29) is 5.91 Å². The Bertz CT molecular complexity index is 420. The molecule has 19 heavy (non-hydrogen) atoms. The van der Waals surface area contributed by atoms with Gasteiger partial charge in [-0.2, -0.15) is 0 Å². The molecule has 1 N–H and O–H groups in total. The Kier molecular flexibility index (Phi) is 7.21. The lowest BCUT2D eigenvalue weighted by Crippen LogP contribution is -2.32. The highest BCUT2D eigenvalue weighted by Crippen LogP contribution is 2.20. The van der Waals surface area contributed by atoms with Gasteiger partial charge >= 0.3 is 0 Å². The molecule has 0 heterocycles. The summed E-state index contributed by atoms with van der Waals surface area (Å²) in [6.45, 7) is 6.75. The van der Waals surface area contributed by atoms with E-state index in [4.69, 9.17) is 23.2 Å². The predicted molar refractivity (Wildman–Crippen MR) is 80.7 cm³/mol. The van der Waals surface area contributed by atoms with Crippen molar-refractivity contribution in [3.05, 3.63) is 33.8 Å². The monoisotopic (exact) mass is 302 g/mol. The minimum Gasteiger partial charge on any atom is -0.343 e. The standard InChI is InChI=1S/C14H20Cl2N2O/c1-3-18(4-2)14(19)7-8-17-10-11-9-12(15)5-6-13(11)16/h5-6,9,17H,3-4,7-8,10H2,1-2H3. The highest BCUT2D eigenvalue weighted by Gasteiger charge is 2.08. The predicted octanol–water partition coefficient (Wildman–Crippen LogP) is 3.34. The second-order valence-corrected chi connectivity index (χ2v) is 5.07. The van der Waals surface area contributed by atoms with Crippen molar-refractivity contribution in [2.24, 2.45) is 0 Å². The molecule has 0 saturated heterocycles. The van der Waals surface area contributed by atoms with Crippen LogP contribution in [-0.4, -0.2) is 30.4 Å². The average Bonchev–Trinajstić information content (AvgIpc) is 2.40. The molecule has 5 heteroatoms. The fourth-order valence-corrected chi connectivity index (χ4v) is 2.21. The van der Waals surface area contributed by atoms with E-state index in [2.05, 4.69) is 5.32 Å². The van der Waals surface area contributed by atoms with E-state index in [1.54, 1.807) is 12.1 Å². The Morgan fingerprint density at radius 1 is 1.26 bits per heavy atom. The number of nitrogens with zero attached hydrogens (tertiary/aromatic N) is 1.